The first-order valence-electron chi connectivity index (χ1n) is 9.89. The third-order valence-electron chi connectivity index (χ3n) is 5.97. The Bertz CT molecular complexity index is 1400. The lowest BCUT2D eigenvalue weighted by atomic mass is 9.98. The van der Waals surface area contributed by atoms with E-state index in [-0.39, 0.29) is 24.9 Å². The number of aromatic nitrogens is 1. The molecule has 0 saturated carbocycles. The van der Waals surface area contributed by atoms with Crippen LogP contribution in [0.15, 0.2) is 36.4 Å². The molecule has 0 unspecified atom stereocenters. The molecular formula is C23H19N2O5+. The van der Waals surface area contributed by atoms with Crippen molar-refractivity contribution in [3.63, 3.8) is 0 Å². The number of hydrogen-bond acceptors (Lipinski definition) is 5. The number of nitrogens with zero attached hydrogens (tertiary/aromatic N) is 1. The highest BCUT2D eigenvalue weighted by atomic mass is 16.7. The van der Waals surface area contributed by atoms with Crippen molar-refractivity contribution >= 4 is 38.4 Å². The summed E-state index contributed by atoms with van der Waals surface area (Å²) in [7, 11) is 0. The van der Waals surface area contributed by atoms with Gasteiger partial charge in [-0.15, -0.1) is 0 Å². The summed E-state index contributed by atoms with van der Waals surface area (Å²) >= 11 is 0. The van der Waals surface area contributed by atoms with E-state index in [2.05, 4.69) is 16.7 Å². The van der Waals surface area contributed by atoms with Crippen LogP contribution in [0.1, 0.15) is 12.1 Å². The summed E-state index contributed by atoms with van der Waals surface area (Å²) in [6.07, 6.45) is 1.83. The minimum Gasteiger partial charge on any atom is -0.504 e. The third kappa shape index (κ3) is 2.32. The van der Waals surface area contributed by atoms with Gasteiger partial charge in [0, 0.05) is 18.2 Å². The number of nitrogens with two attached hydrogens (primary N) is 1. The number of hydrogen-bond donors (Lipinski definition) is 2. The summed E-state index contributed by atoms with van der Waals surface area (Å²) in [4.78, 5) is 11.1. The predicted molar refractivity (Wildman–Crippen MR) is 110 cm³/mol. The van der Waals surface area contributed by atoms with Gasteiger partial charge in [-0.2, -0.15) is 4.57 Å². The van der Waals surface area contributed by atoms with E-state index < -0.39 is 5.91 Å². The Labute approximate surface area is 171 Å². The molecule has 0 fully saturated rings. The minimum absolute atomic E-state index is 0.0482. The average molecular weight is 403 g/mol. The fourth-order valence-electron chi connectivity index (χ4n) is 4.74. The van der Waals surface area contributed by atoms with Gasteiger partial charge in [-0.25, -0.2) is 0 Å². The van der Waals surface area contributed by atoms with Crippen LogP contribution in [0.5, 0.6) is 23.0 Å². The van der Waals surface area contributed by atoms with Crippen molar-refractivity contribution in [2.45, 2.75) is 19.4 Å². The van der Waals surface area contributed by atoms with E-state index in [0.29, 0.717) is 0 Å². The maximum Gasteiger partial charge on any atom is 0.255 e. The molecule has 0 aliphatic carbocycles. The molecule has 30 heavy (non-hydrogen) atoms. The Morgan fingerprint density at radius 3 is 2.73 bits per heavy atom. The fraction of sp³-hybridized carbons (Fsp3) is 0.217. The number of carbonyl (C=O) groups excluding carboxylic acids is 1. The number of pyridine rings is 1. The van der Waals surface area contributed by atoms with Crippen molar-refractivity contribution in [3.05, 3.63) is 42.1 Å². The van der Waals surface area contributed by atoms with E-state index >= 15 is 0 Å². The third-order valence-corrected chi connectivity index (χ3v) is 5.97. The second-order valence-corrected chi connectivity index (χ2v) is 7.68. The van der Waals surface area contributed by atoms with Gasteiger partial charge in [0.25, 0.3) is 5.91 Å². The van der Waals surface area contributed by atoms with Gasteiger partial charge in [0.1, 0.15) is 6.54 Å². The number of aromatic hydroxyl groups is 1. The smallest absolute Gasteiger partial charge is 0.255 e. The first kappa shape index (κ1) is 17.1. The van der Waals surface area contributed by atoms with Crippen LogP contribution in [0.3, 0.4) is 0 Å². The number of phenols is 1. The fourth-order valence-corrected chi connectivity index (χ4v) is 4.74. The quantitative estimate of drug-likeness (QED) is 0.405. The number of benzene rings is 3. The van der Waals surface area contributed by atoms with Crippen LogP contribution in [0.2, 0.25) is 0 Å². The second-order valence-electron chi connectivity index (χ2n) is 7.68. The number of fused-ring (bicyclic) bond motifs is 9. The molecule has 7 heteroatoms. The van der Waals surface area contributed by atoms with Gasteiger partial charge in [0.2, 0.25) is 12.3 Å². The zero-order valence-electron chi connectivity index (χ0n) is 16.1. The number of ether oxygens (including phenoxy) is 3. The van der Waals surface area contributed by atoms with Crippen molar-refractivity contribution in [2.24, 2.45) is 5.73 Å². The highest BCUT2D eigenvalue weighted by Gasteiger charge is 2.31. The summed E-state index contributed by atoms with van der Waals surface area (Å²) in [6, 6.07) is 11.8. The zero-order chi connectivity index (χ0) is 20.4. The summed E-state index contributed by atoms with van der Waals surface area (Å²) < 4.78 is 18.9. The molecule has 0 spiro atoms. The van der Waals surface area contributed by atoms with Crippen LogP contribution in [-0.2, 0) is 17.8 Å². The monoisotopic (exact) mass is 403 g/mol. The van der Waals surface area contributed by atoms with Gasteiger partial charge in [-0.05, 0) is 35.7 Å². The molecule has 150 valence electrons. The molecule has 2 aliphatic rings. The lowest BCUT2D eigenvalue weighted by Crippen LogP contribution is -2.34. The standard InChI is InChI=1S/C23H18N2O5/c24-20(26)10-28-17-6-5-13-14-4-3-12-8-18-19(30-11-29-18)9-15(12)22(14)25-7-1-2-16(25)21(13)23(17)27/h3-6,8-9H,1-2,7,10-11H2,(H2,24,26)/p+1. The summed E-state index contributed by atoms with van der Waals surface area (Å²) in [5.41, 5.74) is 7.37. The molecule has 1 aromatic heterocycles. The second kappa shape index (κ2) is 6.13. The molecule has 1 amide bonds. The molecular weight excluding hydrogens is 384 g/mol. The van der Waals surface area contributed by atoms with Gasteiger partial charge in [0.05, 0.1) is 16.2 Å². The van der Waals surface area contributed by atoms with Gasteiger partial charge in [-0.1, -0.05) is 6.07 Å². The Kier molecular flexibility index (Phi) is 3.50. The van der Waals surface area contributed by atoms with Crippen molar-refractivity contribution in [3.8, 4) is 23.0 Å². The Balaban J connectivity index is 1.70. The average Bonchev–Trinajstić information content (AvgIpc) is 3.40. The predicted octanol–water partition coefficient (Wildman–Crippen LogP) is 2.68. The van der Waals surface area contributed by atoms with Gasteiger partial charge >= 0.3 is 0 Å². The number of phenolic OH excluding ortho intramolecular Hbond substituents is 1. The molecule has 3 aromatic carbocycles. The summed E-state index contributed by atoms with van der Waals surface area (Å²) in [5.74, 6) is 1.24. The van der Waals surface area contributed by atoms with E-state index in [1.165, 1.54) is 0 Å². The Morgan fingerprint density at radius 2 is 1.90 bits per heavy atom. The lowest BCUT2D eigenvalue weighted by Gasteiger charge is -2.13. The molecule has 6 rings (SSSR count). The maximum atomic E-state index is 11.1. The lowest BCUT2D eigenvalue weighted by molar-refractivity contribution is -0.662. The van der Waals surface area contributed by atoms with Crippen LogP contribution in [0.25, 0.3) is 32.4 Å². The van der Waals surface area contributed by atoms with Gasteiger partial charge in [0.15, 0.2) is 35.3 Å². The van der Waals surface area contributed by atoms with E-state index in [0.717, 1.165) is 69.0 Å². The first-order valence-corrected chi connectivity index (χ1v) is 9.89. The van der Waals surface area contributed by atoms with Gasteiger partial charge in [-0.3, -0.25) is 4.79 Å². The number of rotatable bonds is 3. The molecule has 0 bridgehead atoms. The molecule has 3 N–H and O–H groups in total. The minimum atomic E-state index is -0.585. The van der Waals surface area contributed by atoms with E-state index in [1.54, 1.807) is 6.07 Å². The Hall–Kier alpha value is -3.74. The van der Waals surface area contributed by atoms with Crippen molar-refractivity contribution in [2.75, 3.05) is 13.4 Å². The maximum absolute atomic E-state index is 11.1. The normalized spacial score (nSPS) is 14.5. The van der Waals surface area contributed by atoms with Crippen LogP contribution >= 0.6 is 0 Å². The number of primary amides is 1. The molecule has 4 aromatic rings. The SMILES string of the molecule is NC(=O)COc1ccc2c(c1O)c1[n+](c3c4cc5c(cc4ccc23)OCO5)CCC1. The largest absolute Gasteiger partial charge is 0.504 e. The molecule has 0 atom stereocenters. The molecule has 3 heterocycles. The van der Waals surface area contributed by atoms with Gasteiger partial charge < -0.3 is 25.1 Å². The van der Waals surface area contributed by atoms with Crippen molar-refractivity contribution < 1.29 is 28.7 Å². The molecule has 0 radical (unpaired) electrons. The zero-order valence-corrected chi connectivity index (χ0v) is 16.1. The molecule has 0 saturated heterocycles. The van der Waals surface area contributed by atoms with E-state index in [9.17, 15) is 9.90 Å². The van der Waals surface area contributed by atoms with Crippen molar-refractivity contribution in [1.29, 1.82) is 0 Å². The molecule has 7 nitrogen and oxygen atoms in total. The van der Waals surface area contributed by atoms with Crippen LogP contribution in [-0.4, -0.2) is 24.4 Å². The topological polar surface area (TPSA) is 94.9 Å². The summed E-state index contributed by atoms with van der Waals surface area (Å²) in [5, 5.41) is 15.9. The van der Waals surface area contributed by atoms with E-state index in [4.69, 9.17) is 19.9 Å². The van der Waals surface area contributed by atoms with Crippen LogP contribution < -0.4 is 24.5 Å². The number of aryl methyl sites for hydroxylation is 2. The molecule has 2 aliphatic heterocycles. The Morgan fingerprint density at radius 1 is 1.10 bits per heavy atom. The van der Waals surface area contributed by atoms with Crippen LogP contribution in [0.4, 0.5) is 0 Å². The number of amides is 1. The van der Waals surface area contributed by atoms with Crippen LogP contribution in [0, 0.1) is 0 Å². The number of carbonyl (C=O) groups is 1. The van der Waals surface area contributed by atoms with Crippen molar-refractivity contribution in [1.82, 2.24) is 0 Å². The van der Waals surface area contributed by atoms with E-state index in [1.807, 2.05) is 18.2 Å². The first-order chi connectivity index (χ1) is 14.6. The highest BCUT2D eigenvalue weighted by molar-refractivity contribution is 6.16. The highest BCUT2D eigenvalue weighted by Crippen LogP contribution is 2.43. The summed E-state index contributed by atoms with van der Waals surface area (Å²) in [6.45, 7) is 0.820.